The van der Waals surface area contributed by atoms with Gasteiger partial charge in [-0.25, -0.2) is 0 Å². The van der Waals surface area contributed by atoms with Crippen molar-refractivity contribution in [2.45, 2.75) is 12.8 Å². The van der Waals surface area contributed by atoms with Crippen molar-refractivity contribution in [1.82, 2.24) is 0 Å². The van der Waals surface area contributed by atoms with Crippen LogP contribution in [0.5, 0.6) is 5.75 Å². The molecule has 1 aromatic carbocycles. The zero-order valence-electron chi connectivity index (χ0n) is 7.40. The zero-order valence-corrected chi connectivity index (χ0v) is 7.40. The van der Waals surface area contributed by atoms with Gasteiger partial charge >= 0.3 is 7.12 Å². The molecule has 0 bridgehead atoms. The van der Waals surface area contributed by atoms with E-state index in [1.54, 1.807) is 0 Å². The van der Waals surface area contributed by atoms with E-state index in [2.05, 4.69) is 0 Å². The predicted octanol–water partition coefficient (Wildman–Crippen LogP) is -0.799. The molecule has 72 valence electrons. The Hall–Kier alpha value is -1.33. The molecule has 1 aromatic rings. The lowest BCUT2D eigenvalue weighted by Gasteiger charge is -2.05. The van der Waals surface area contributed by atoms with E-state index in [1.807, 2.05) is 0 Å². The van der Waals surface area contributed by atoms with Gasteiger partial charge < -0.3 is 15.2 Å². The lowest BCUT2D eigenvalue weighted by atomic mass is 9.78. The van der Waals surface area contributed by atoms with E-state index in [9.17, 15) is 9.90 Å². The van der Waals surface area contributed by atoms with Crippen LogP contribution < -0.4 is 5.46 Å². The summed E-state index contributed by atoms with van der Waals surface area (Å²) in [4.78, 5) is 11.3. The molecule has 0 atom stereocenters. The van der Waals surface area contributed by atoms with Gasteiger partial charge in [0.15, 0.2) is 5.78 Å². The van der Waals surface area contributed by atoms with Crippen LogP contribution in [0.1, 0.15) is 22.3 Å². The van der Waals surface area contributed by atoms with Gasteiger partial charge in [0.25, 0.3) is 0 Å². The molecule has 0 spiro atoms. The molecule has 0 heterocycles. The van der Waals surface area contributed by atoms with Crippen LogP contribution in [0.4, 0.5) is 0 Å². The highest BCUT2D eigenvalue weighted by atomic mass is 16.4. The van der Waals surface area contributed by atoms with E-state index >= 15 is 0 Å². The number of phenolic OH excluding ortho intramolecular Hbond substituents is 1. The lowest BCUT2D eigenvalue weighted by Crippen LogP contribution is -2.30. The second-order valence-corrected chi connectivity index (χ2v) is 3.37. The van der Waals surface area contributed by atoms with Gasteiger partial charge in [0, 0.05) is 17.4 Å². The van der Waals surface area contributed by atoms with Gasteiger partial charge in [-0.15, -0.1) is 0 Å². The van der Waals surface area contributed by atoms with Crippen LogP contribution in [0.3, 0.4) is 0 Å². The average molecular weight is 192 g/mol. The van der Waals surface area contributed by atoms with E-state index in [1.165, 1.54) is 12.1 Å². The van der Waals surface area contributed by atoms with Gasteiger partial charge in [-0.1, -0.05) is 6.07 Å². The third-order valence-electron chi connectivity index (χ3n) is 2.45. The fraction of sp³-hybridized carbons (Fsp3) is 0.222. The summed E-state index contributed by atoms with van der Waals surface area (Å²) in [7, 11) is -1.70. The molecule has 2 rings (SSSR count). The van der Waals surface area contributed by atoms with Crippen LogP contribution in [-0.4, -0.2) is 28.1 Å². The van der Waals surface area contributed by atoms with Crippen molar-refractivity contribution >= 4 is 18.4 Å². The maximum absolute atomic E-state index is 11.3. The molecule has 0 aliphatic heterocycles. The Labute approximate surface area is 81.0 Å². The minimum Gasteiger partial charge on any atom is -0.508 e. The molecular formula is C9H9BO4. The SMILES string of the molecule is O=C1CCc2cc(B(O)O)c(O)cc21. The summed E-state index contributed by atoms with van der Waals surface area (Å²) in [6.07, 6.45) is 1.04. The third-order valence-corrected chi connectivity index (χ3v) is 2.45. The predicted molar refractivity (Wildman–Crippen MR) is 50.6 cm³/mol. The van der Waals surface area contributed by atoms with Crippen LogP contribution in [0.2, 0.25) is 0 Å². The van der Waals surface area contributed by atoms with Crippen molar-refractivity contribution in [3.8, 4) is 5.75 Å². The minimum absolute atomic E-state index is 0.00530. The summed E-state index contributed by atoms with van der Waals surface area (Å²) in [5.74, 6) is -0.247. The number of hydrogen-bond donors (Lipinski definition) is 3. The van der Waals surface area contributed by atoms with Gasteiger partial charge in [-0.2, -0.15) is 0 Å². The quantitative estimate of drug-likeness (QED) is 0.509. The van der Waals surface area contributed by atoms with Crippen molar-refractivity contribution in [2.75, 3.05) is 0 Å². The second kappa shape index (κ2) is 3.11. The number of phenols is 1. The van der Waals surface area contributed by atoms with Crippen LogP contribution in [0.15, 0.2) is 12.1 Å². The normalized spacial score (nSPS) is 14.3. The molecule has 5 heteroatoms. The molecule has 0 unspecified atom stereocenters. The fourth-order valence-electron chi connectivity index (χ4n) is 1.71. The Morgan fingerprint density at radius 2 is 1.93 bits per heavy atom. The maximum atomic E-state index is 11.3. The first kappa shape index (κ1) is 9.24. The standard InChI is InChI=1S/C9H9BO4/c11-8-2-1-5-3-7(10(13)14)9(12)4-6(5)8/h3-4,12-14H,1-2H2. The zero-order chi connectivity index (χ0) is 10.3. The van der Waals surface area contributed by atoms with Gasteiger partial charge in [0.2, 0.25) is 0 Å². The Morgan fingerprint density at radius 1 is 1.21 bits per heavy atom. The summed E-state index contributed by atoms with van der Waals surface area (Å²) in [5, 5.41) is 27.2. The highest BCUT2D eigenvalue weighted by Crippen LogP contribution is 2.24. The average Bonchev–Trinajstić information content (AvgIpc) is 2.46. The Morgan fingerprint density at radius 3 is 2.57 bits per heavy atom. The number of fused-ring (bicyclic) bond motifs is 1. The van der Waals surface area contributed by atoms with Crippen molar-refractivity contribution < 1.29 is 19.9 Å². The fourth-order valence-corrected chi connectivity index (χ4v) is 1.71. The highest BCUT2D eigenvalue weighted by Gasteiger charge is 2.25. The molecule has 0 radical (unpaired) electrons. The summed E-state index contributed by atoms with van der Waals surface area (Å²) < 4.78 is 0. The largest absolute Gasteiger partial charge is 0.508 e. The molecule has 1 aliphatic rings. The number of hydrogen-bond acceptors (Lipinski definition) is 4. The first-order valence-corrected chi connectivity index (χ1v) is 4.34. The van der Waals surface area contributed by atoms with Crippen LogP contribution in [-0.2, 0) is 6.42 Å². The van der Waals surface area contributed by atoms with Gasteiger partial charge in [0.05, 0.1) is 0 Å². The van der Waals surface area contributed by atoms with Gasteiger partial charge in [-0.3, -0.25) is 4.79 Å². The number of Topliss-reactive ketones (excluding diaryl/α,β-unsaturated/α-hetero) is 1. The Balaban J connectivity index is 2.55. The van der Waals surface area contributed by atoms with Crippen molar-refractivity contribution in [1.29, 1.82) is 0 Å². The summed E-state index contributed by atoms with van der Waals surface area (Å²) in [6, 6.07) is 2.78. The van der Waals surface area contributed by atoms with Crippen LogP contribution in [0, 0.1) is 0 Å². The topological polar surface area (TPSA) is 77.8 Å². The molecule has 0 amide bonds. The van der Waals surface area contributed by atoms with Crippen molar-refractivity contribution in [2.24, 2.45) is 0 Å². The lowest BCUT2D eigenvalue weighted by molar-refractivity contribution is 0.0994. The van der Waals surface area contributed by atoms with Crippen LogP contribution in [0.25, 0.3) is 0 Å². The van der Waals surface area contributed by atoms with E-state index in [-0.39, 0.29) is 17.0 Å². The molecule has 4 nitrogen and oxygen atoms in total. The number of ketones is 1. The summed E-state index contributed by atoms with van der Waals surface area (Å²) in [6.45, 7) is 0. The van der Waals surface area contributed by atoms with Gasteiger partial charge in [-0.05, 0) is 18.1 Å². The van der Waals surface area contributed by atoms with E-state index in [0.717, 1.165) is 5.56 Å². The molecular weight excluding hydrogens is 183 g/mol. The summed E-state index contributed by atoms with van der Waals surface area (Å²) in [5.41, 5.74) is 1.32. The second-order valence-electron chi connectivity index (χ2n) is 3.37. The van der Waals surface area contributed by atoms with Gasteiger partial charge in [0.1, 0.15) is 5.75 Å². The van der Waals surface area contributed by atoms with Crippen LogP contribution >= 0.6 is 0 Å². The molecule has 0 saturated heterocycles. The van der Waals surface area contributed by atoms with Crippen molar-refractivity contribution in [3.63, 3.8) is 0 Å². The van der Waals surface area contributed by atoms with E-state index in [4.69, 9.17) is 10.0 Å². The number of benzene rings is 1. The summed E-state index contributed by atoms with van der Waals surface area (Å²) >= 11 is 0. The highest BCUT2D eigenvalue weighted by molar-refractivity contribution is 6.59. The van der Waals surface area contributed by atoms with E-state index in [0.29, 0.717) is 18.4 Å². The third kappa shape index (κ3) is 1.30. The molecule has 3 N–H and O–H groups in total. The number of aromatic hydroxyl groups is 1. The van der Waals surface area contributed by atoms with Crippen molar-refractivity contribution in [3.05, 3.63) is 23.3 Å². The monoisotopic (exact) mass is 192 g/mol. The number of aryl methyl sites for hydroxylation is 1. The molecule has 0 aromatic heterocycles. The number of carbonyl (C=O) groups excluding carboxylic acids is 1. The molecule has 1 aliphatic carbocycles. The first-order valence-electron chi connectivity index (χ1n) is 4.34. The molecule has 0 saturated carbocycles. The minimum atomic E-state index is -1.70. The Bertz CT molecular complexity index is 400. The molecule has 0 fully saturated rings. The molecule has 14 heavy (non-hydrogen) atoms. The Kier molecular flexibility index (Phi) is 2.05. The smallest absolute Gasteiger partial charge is 0.492 e. The maximum Gasteiger partial charge on any atom is 0.492 e. The number of rotatable bonds is 1. The number of carbonyl (C=O) groups is 1. The first-order chi connectivity index (χ1) is 6.59. The van der Waals surface area contributed by atoms with E-state index < -0.39 is 7.12 Å².